The minimum absolute atomic E-state index is 0.271. The lowest BCUT2D eigenvalue weighted by atomic mass is 10.0. The van der Waals surface area contributed by atoms with Crippen LogP contribution in [0.25, 0.3) is 0 Å². The van der Waals surface area contributed by atoms with Gasteiger partial charge in [0.2, 0.25) is 0 Å². The van der Waals surface area contributed by atoms with E-state index in [4.69, 9.17) is 4.74 Å². The van der Waals surface area contributed by atoms with Crippen LogP contribution in [0.3, 0.4) is 0 Å². The molecule has 0 aliphatic heterocycles. The van der Waals surface area contributed by atoms with Crippen LogP contribution in [0.15, 0.2) is 24.3 Å². The van der Waals surface area contributed by atoms with Gasteiger partial charge < -0.3 is 4.74 Å². The third kappa shape index (κ3) is 15.6. The van der Waals surface area contributed by atoms with E-state index in [0.29, 0.717) is 6.42 Å². The Balaban J connectivity index is 2.05. The molecule has 30 heavy (non-hydrogen) atoms. The fourth-order valence-electron chi connectivity index (χ4n) is 3.79. The van der Waals surface area contributed by atoms with Gasteiger partial charge >= 0.3 is 6.18 Å². The number of benzene rings is 1. The molecule has 4 heteroatoms. The number of hydrogen-bond donors (Lipinski definition) is 0. The molecule has 0 bridgehead atoms. The number of rotatable bonds is 19. The summed E-state index contributed by atoms with van der Waals surface area (Å²) < 4.78 is 42.3. The number of halogens is 3. The van der Waals surface area contributed by atoms with E-state index in [9.17, 15) is 13.2 Å². The SMILES string of the molecule is CCCCCCCCCCOc1ccccc1CCCCCCCCCC(F)(F)F. The second-order valence-corrected chi connectivity index (χ2v) is 8.52. The van der Waals surface area contributed by atoms with Crippen LogP contribution in [0, 0.1) is 0 Å². The minimum Gasteiger partial charge on any atom is -0.493 e. The summed E-state index contributed by atoms with van der Waals surface area (Å²) in [5.41, 5.74) is 1.28. The zero-order valence-corrected chi connectivity index (χ0v) is 19.1. The molecule has 0 saturated carbocycles. The number of hydrogen-bond acceptors (Lipinski definition) is 1. The Morgan fingerprint density at radius 2 is 1.20 bits per heavy atom. The van der Waals surface area contributed by atoms with Gasteiger partial charge in [-0.2, -0.15) is 13.2 Å². The smallest absolute Gasteiger partial charge is 0.389 e. The molecule has 0 aromatic heterocycles. The topological polar surface area (TPSA) is 9.23 Å². The van der Waals surface area contributed by atoms with Gasteiger partial charge in [-0.05, 0) is 37.3 Å². The van der Waals surface area contributed by atoms with Crippen LogP contribution in [0.4, 0.5) is 13.2 Å². The molecular weight excluding hydrogens is 385 g/mol. The van der Waals surface area contributed by atoms with E-state index in [1.54, 1.807) is 0 Å². The van der Waals surface area contributed by atoms with Gasteiger partial charge in [-0.15, -0.1) is 0 Å². The van der Waals surface area contributed by atoms with Crippen molar-refractivity contribution in [3.8, 4) is 5.75 Å². The fourth-order valence-corrected chi connectivity index (χ4v) is 3.79. The Morgan fingerprint density at radius 1 is 0.667 bits per heavy atom. The maximum Gasteiger partial charge on any atom is 0.389 e. The first-order valence-electron chi connectivity index (χ1n) is 12.3. The highest BCUT2D eigenvalue weighted by Gasteiger charge is 2.25. The van der Waals surface area contributed by atoms with Crippen LogP contribution in [0.5, 0.6) is 5.75 Å². The highest BCUT2D eigenvalue weighted by Crippen LogP contribution is 2.24. The van der Waals surface area contributed by atoms with Crippen molar-refractivity contribution in [2.24, 2.45) is 0 Å². The maximum absolute atomic E-state index is 12.1. The lowest BCUT2D eigenvalue weighted by Crippen LogP contribution is -2.06. The van der Waals surface area contributed by atoms with Gasteiger partial charge in [0, 0.05) is 6.42 Å². The molecule has 174 valence electrons. The molecule has 1 aromatic carbocycles. The second-order valence-electron chi connectivity index (χ2n) is 8.52. The number of para-hydroxylation sites is 1. The molecule has 0 aliphatic carbocycles. The predicted octanol–water partition coefficient (Wildman–Crippen LogP) is 9.43. The molecule has 0 N–H and O–H groups in total. The van der Waals surface area contributed by atoms with Gasteiger partial charge in [0.25, 0.3) is 0 Å². The van der Waals surface area contributed by atoms with Gasteiger partial charge in [-0.25, -0.2) is 0 Å². The van der Waals surface area contributed by atoms with E-state index in [2.05, 4.69) is 25.1 Å². The van der Waals surface area contributed by atoms with Gasteiger partial charge in [0.05, 0.1) is 6.61 Å². The summed E-state index contributed by atoms with van der Waals surface area (Å²) in [6.07, 6.45) is 13.1. The molecular formula is C26H43F3O. The third-order valence-corrected chi connectivity index (χ3v) is 5.63. The summed E-state index contributed by atoms with van der Waals surface area (Å²) in [4.78, 5) is 0. The van der Waals surface area contributed by atoms with Crippen LogP contribution in [-0.4, -0.2) is 12.8 Å². The average Bonchev–Trinajstić information content (AvgIpc) is 2.71. The molecule has 1 rings (SSSR count). The van der Waals surface area contributed by atoms with Crippen molar-refractivity contribution in [3.63, 3.8) is 0 Å². The Morgan fingerprint density at radius 3 is 1.83 bits per heavy atom. The molecule has 0 atom stereocenters. The summed E-state index contributed by atoms with van der Waals surface area (Å²) in [6, 6.07) is 8.33. The Bertz CT molecular complexity index is 513. The van der Waals surface area contributed by atoms with Gasteiger partial charge in [-0.3, -0.25) is 0 Å². The minimum atomic E-state index is -4.00. The average molecular weight is 429 g/mol. The van der Waals surface area contributed by atoms with Crippen LogP contribution in [0.1, 0.15) is 115 Å². The molecule has 1 aromatic rings. The predicted molar refractivity (Wildman–Crippen MR) is 121 cm³/mol. The summed E-state index contributed by atoms with van der Waals surface area (Å²) in [6.45, 7) is 3.05. The first-order valence-corrected chi connectivity index (χ1v) is 12.3. The first-order chi connectivity index (χ1) is 14.5. The van der Waals surface area contributed by atoms with Gasteiger partial charge in [-0.1, -0.05) is 102 Å². The highest BCUT2D eigenvalue weighted by molar-refractivity contribution is 5.33. The van der Waals surface area contributed by atoms with E-state index in [1.807, 2.05) is 6.07 Å². The Hall–Kier alpha value is -1.19. The summed E-state index contributed by atoms with van der Waals surface area (Å²) >= 11 is 0. The molecule has 0 aliphatic rings. The van der Waals surface area contributed by atoms with Crippen molar-refractivity contribution >= 4 is 0 Å². The highest BCUT2D eigenvalue weighted by atomic mass is 19.4. The largest absolute Gasteiger partial charge is 0.493 e. The number of aryl methyl sites for hydroxylation is 1. The zero-order chi connectivity index (χ0) is 21.9. The summed E-state index contributed by atoms with van der Waals surface area (Å²) in [5, 5.41) is 0. The standard InChI is InChI=1S/C26H43F3O/c1-2-3-4-5-6-10-13-18-23-30-25-21-16-15-20-24(25)19-14-11-8-7-9-12-17-22-26(27,28)29/h15-16,20-21H,2-14,17-19,22-23H2,1H3. The van der Waals surface area contributed by atoms with Crippen molar-refractivity contribution < 1.29 is 17.9 Å². The lowest BCUT2D eigenvalue weighted by molar-refractivity contribution is -0.135. The molecule has 0 heterocycles. The molecule has 1 nitrogen and oxygen atoms in total. The monoisotopic (exact) mass is 428 g/mol. The first kappa shape index (κ1) is 26.8. The summed E-state index contributed by atoms with van der Waals surface area (Å²) in [5.74, 6) is 1.02. The summed E-state index contributed by atoms with van der Waals surface area (Å²) in [7, 11) is 0. The molecule has 0 radical (unpaired) electrons. The van der Waals surface area contributed by atoms with Crippen molar-refractivity contribution in [2.45, 2.75) is 122 Å². The van der Waals surface area contributed by atoms with E-state index in [1.165, 1.54) is 50.5 Å². The number of ether oxygens (including phenoxy) is 1. The maximum atomic E-state index is 12.1. The number of unbranched alkanes of at least 4 members (excludes halogenated alkanes) is 13. The Labute approximate surface area is 182 Å². The lowest BCUT2D eigenvalue weighted by Gasteiger charge is -2.11. The molecule has 0 unspecified atom stereocenters. The van der Waals surface area contributed by atoms with E-state index < -0.39 is 12.6 Å². The zero-order valence-electron chi connectivity index (χ0n) is 19.1. The molecule has 0 spiro atoms. The fraction of sp³-hybridized carbons (Fsp3) is 0.769. The number of alkyl halides is 3. The van der Waals surface area contributed by atoms with E-state index in [0.717, 1.165) is 57.3 Å². The normalized spacial score (nSPS) is 11.7. The van der Waals surface area contributed by atoms with E-state index >= 15 is 0 Å². The van der Waals surface area contributed by atoms with Crippen molar-refractivity contribution in [2.75, 3.05) is 6.61 Å². The van der Waals surface area contributed by atoms with Gasteiger partial charge in [0.1, 0.15) is 5.75 Å². The van der Waals surface area contributed by atoms with Crippen LogP contribution in [0.2, 0.25) is 0 Å². The van der Waals surface area contributed by atoms with Gasteiger partial charge in [0.15, 0.2) is 0 Å². The molecule has 0 amide bonds. The van der Waals surface area contributed by atoms with Crippen molar-refractivity contribution in [1.29, 1.82) is 0 Å². The second kappa shape index (κ2) is 17.5. The molecule has 0 fully saturated rings. The van der Waals surface area contributed by atoms with Crippen LogP contribution < -0.4 is 4.74 Å². The van der Waals surface area contributed by atoms with Crippen molar-refractivity contribution in [1.82, 2.24) is 0 Å². The van der Waals surface area contributed by atoms with Crippen LogP contribution >= 0.6 is 0 Å². The van der Waals surface area contributed by atoms with E-state index in [-0.39, 0.29) is 6.42 Å². The quantitative estimate of drug-likeness (QED) is 0.199. The Kier molecular flexibility index (Phi) is 15.6. The van der Waals surface area contributed by atoms with Crippen molar-refractivity contribution in [3.05, 3.63) is 29.8 Å². The van der Waals surface area contributed by atoms with Crippen LogP contribution in [-0.2, 0) is 6.42 Å². The molecule has 0 saturated heterocycles. The third-order valence-electron chi connectivity index (χ3n) is 5.63.